The lowest BCUT2D eigenvalue weighted by atomic mass is 10.0. The lowest BCUT2D eigenvalue weighted by Crippen LogP contribution is -2.30. The van der Waals surface area contributed by atoms with Gasteiger partial charge < -0.3 is 5.32 Å². The lowest BCUT2D eigenvalue weighted by molar-refractivity contribution is 0.536. The predicted octanol–water partition coefficient (Wildman–Crippen LogP) is 4.22. The highest BCUT2D eigenvalue weighted by atomic mass is 35.5. The van der Waals surface area contributed by atoms with E-state index >= 15 is 4.39 Å². The molecule has 1 N–H and O–H groups in total. The van der Waals surface area contributed by atoms with Crippen LogP contribution in [0.1, 0.15) is 35.3 Å². The molecule has 0 amide bonds. The molecule has 0 aliphatic carbocycles. The van der Waals surface area contributed by atoms with Crippen molar-refractivity contribution < 1.29 is 8.78 Å². The minimum Gasteiger partial charge on any atom is -0.310 e. The molecule has 192 valence electrons. The molecule has 1 aliphatic rings. The Morgan fingerprint density at radius 3 is 2.49 bits per heavy atom. The van der Waals surface area contributed by atoms with Gasteiger partial charge in [0, 0.05) is 55.5 Å². The molecular formula is C26H26ClF2N7O. The van der Waals surface area contributed by atoms with E-state index in [1.54, 1.807) is 67.0 Å². The van der Waals surface area contributed by atoms with Crippen LogP contribution in [0.4, 0.5) is 8.78 Å². The summed E-state index contributed by atoms with van der Waals surface area (Å²) in [4.78, 5) is 13.7. The Balaban J connectivity index is 0.00000280. The van der Waals surface area contributed by atoms with Gasteiger partial charge in [-0.1, -0.05) is 0 Å². The number of hydrogen-bond acceptors (Lipinski definition) is 4. The van der Waals surface area contributed by atoms with Gasteiger partial charge in [0.1, 0.15) is 17.5 Å². The van der Waals surface area contributed by atoms with E-state index in [0.717, 1.165) is 23.2 Å². The van der Waals surface area contributed by atoms with E-state index in [9.17, 15) is 9.18 Å². The first-order valence-corrected chi connectivity index (χ1v) is 11.8. The van der Waals surface area contributed by atoms with Gasteiger partial charge in [0.2, 0.25) is 0 Å². The molecule has 8 nitrogen and oxygen atoms in total. The molecule has 3 aromatic heterocycles. The SMILES string of the molecule is Cc1cc(-n2nc3c(c2-n2ccn(-c4cc5cnn(C)c5cc4F)c2=O)[C@H](C)NCC3)cc(C)c1F.Cl. The average molecular weight is 526 g/mol. The summed E-state index contributed by atoms with van der Waals surface area (Å²) in [6.45, 7) is 6.20. The Morgan fingerprint density at radius 1 is 1.05 bits per heavy atom. The zero-order chi connectivity index (χ0) is 25.3. The Hall–Kier alpha value is -3.76. The van der Waals surface area contributed by atoms with Crippen LogP contribution in [0.25, 0.3) is 28.1 Å². The summed E-state index contributed by atoms with van der Waals surface area (Å²) in [6.07, 6.45) is 5.50. The number of rotatable bonds is 3. The normalized spacial score (nSPS) is 15.1. The number of hydrogen-bond donors (Lipinski definition) is 1. The van der Waals surface area contributed by atoms with Crippen molar-refractivity contribution in [3.63, 3.8) is 0 Å². The van der Waals surface area contributed by atoms with Crippen LogP contribution in [-0.4, -0.2) is 35.2 Å². The summed E-state index contributed by atoms with van der Waals surface area (Å²) in [5.41, 5.74) is 3.75. The molecule has 0 saturated carbocycles. The van der Waals surface area contributed by atoms with Crippen molar-refractivity contribution in [2.75, 3.05) is 6.54 Å². The summed E-state index contributed by atoms with van der Waals surface area (Å²) in [6, 6.07) is 6.39. The van der Waals surface area contributed by atoms with Crippen LogP contribution in [0.15, 0.2) is 47.7 Å². The highest BCUT2D eigenvalue weighted by Crippen LogP contribution is 2.31. The third-order valence-electron chi connectivity index (χ3n) is 6.96. The third kappa shape index (κ3) is 3.79. The molecule has 37 heavy (non-hydrogen) atoms. The fourth-order valence-corrected chi connectivity index (χ4v) is 5.13. The van der Waals surface area contributed by atoms with E-state index in [1.165, 1.54) is 15.2 Å². The zero-order valence-electron chi connectivity index (χ0n) is 20.8. The van der Waals surface area contributed by atoms with Crippen molar-refractivity contribution in [2.45, 2.75) is 33.2 Å². The van der Waals surface area contributed by atoms with Crippen LogP contribution in [0.2, 0.25) is 0 Å². The van der Waals surface area contributed by atoms with Gasteiger partial charge in [-0.2, -0.15) is 10.2 Å². The highest BCUT2D eigenvalue weighted by Gasteiger charge is 2.29. The second kappa shape index (κ2) is 8.97. The molecular weight excluding hydrogens is 500 g/mol. The fourth-order valence-electron chi connectivity index (χ4n) is 5.13. The fraction of sp³-hybridized carbons (Fsp3) is 0.269. The number of aryl methyl sites for hydroxylation is 3. The van der Waals surface area contributed by atoms with E-state index < -0.39 is 11.5 Å². The highest BCUT2D eigenvalue weighted by molar-refractivity contribution is 5.85. The van der Waals surface area contributed by atoms with Gasteiger partial charge in [0.05, 0.1) is 28.8 Å². The number of benzene rings is 2. The summed E-state index contributed by atoms with van der Waals surface area (Å²) < 4.78 is 35.6. The first kappa shape index (κ1) is 24.9. The number of nitrogens with zero attached hydrogens (tertiary/aromatic N) is 6. The standard InChI is InChI=1S/C26H25F2N7O.ClH/c1-14-9-18(10-15(2)24(14)28)35-25(23-16(3)29-6-5-20(23)31-35)34-8-7-33(26(34)36)22-11-17-13-30-32(4)21(17)12-19(22)27;/h7-13,16,29H,5-6H2,1-4H3;1H/t16-;/m0./s1. The van der Waals surface area contributed by atoms with Crippen molar-refractivity contribution in [2.24, 2.45) is 7.05 Å². The van der Waals surface area contributed by atoms with Gasteiger partial charge in [0.15, 0.2) is 0 Å². The van der Waals surface area contributed by atoms with E-state index in [-0.39, 0.29) is 30.0 Å². The minimum atomic E-state index is -0.527. The largest absolute Gasteiger partial charge is 0.338 e. The van der Waals surface area contributed by atoms with Gasteiger partial charge in [-0.25, -0.2) is 18.3 Å². The Bertz CT molecular complexity index is 1710. The smallest absolute Gasteiger partial charge is 0.310 e. The van der Waals surface area contributed by atoms with Gasteiger partial charge in [-0.15, -0.1) is 12.4 Å². The molecule has 0 radical (unpaired) electrons. The zero-order valence-corrected chi connectivity index (χ0v) is 21.6. The summed E-state index contributed by atoms with van der Waals surface area (Å²) in [5, 5.41) is 13.2. The number of nitrogens with one attached hydrogen (secondary N) is 1. The van der Waals surface area contributed by atoms with Crippen LogP contribution >= 0.6 is 12.4 Å². The molecule has 6 rings (SSSR count). The number of imidazole rings is 1. The van der Waals surface area contributed by atoms with Gasteiger partial charge >= 0.3 is 5.69 Å². The summed E-state index contributed by atoms with van der Waals surface area (Å²) in [7, 11) is 1.74. The second-order valence-electron chi connectivity index (χ2n) is 9.37. The molecule has 0 bridgehead atoms. The van der Waals surface area contributed by atoms with Crippen LogP contribution in [-0.2, 0) is 13.5 Å². The molecule has 5 aromatic rings. The van der Waals surface area contributed by atoms with Crippen molar-refractivity contribution in [3.05, 3.63) is 87.4 Å². The summed E-state index contributed by atoms with van der Waals surface area (Å²) >= 11 is 0. The van der Waals surface area contributed by atoms with Gasteiger partial charge in [0.25, 0.3) is 0 Å². The van der Waals surface area contributed by atoms with Crippen molar-refractivity contribution in [1.29, 1.82) is 0 Å². The molecule has 0 spiro atoms. The van der Waals surface area contributed by atoms with E-state index in [2.05, 4.69) is 10.4 Å². The van der Waals surface area contributed by atoms with Crippen LogP contribution < -0.4 is 11.0 Å². The maximum absolute atomic E-state index is 15.1. The molecule has 0 unspecified atom stereocenters. The van der Waals surface area contributed by atoms with Crippen LogP contribution in [0, 0.1) is 25.5 Å². The number of halogens is 3. The lowest BCUT2D eigenvalue weighted by Gasteiger charge is -2.21. The molecule has 4 heterocycles. The molecule has 11 heteroatoms. The van der Waals surface area contributed by atoms with Crippen molar-refractivity contribution in [1.82, 2.24) is 34.0 Å². The quantitative estimate of drug-likeness (QED) is 0.383. The van der Waals surface area contributed by atoms with Crippen molar-refractivity contribution in [3.8, 4) is 17.2 Å². The first-order chi connectivity index (χ1) is 17.2. The van der Waals surface area contributed by atoms with Crippen LogP contribution in [0.3, 0.4) is 0 Å². The molecule has 1 atom stereocenters. The van der Waals surface area contributed by atoms with Crippen molar-refractivity contribution >= 4 is 23.3 Å². The Morgan fingerprint density at radius 2 is 1.76 bits per heavy atom. The molecule has 0 saturated heterocycles. The molecule has 1 aliphatic heterocycles. The first-order valence-electron chi connectivity index (χ1n) is 11.8. The van der Waals surface area contributed by atoms with Gasteiger partial charge in [-0.3, -0.25) is 13.8 Å². The number of fused-ring (bicyclic) bond motifs is 2. The molecule has 2 aromatic carbocycles. The van der Waals surface area contributed by atoms with E-state index in [0.29, 0.717) is 34.6 Å². The number of aromatic nitrogens is 6. The maximum atomic E-state index is 15.1. The Labute approximate surface area is 217 Å². The summed E-state index contributed by atoms with van der Waals surface area (Å²) in [5.74, 6) is -0.236. The second-order valence-corrected chi connectivity index (χ2v) is 9.37. The minimum absolute atomic E-state index is 0. The van der Waals surface area contributed by atoms with Crippen LogP contribution in [0.5, 0.6) is 0 Å². The molecule has 0 fully saturated rings. The average Bonchev–Trinajstić information content (AvgIpc) is 3.52. The monoisotopic (exact) mass is 525 g/mol. The Kier molecular flexibility index (Phi) is 6.04. The maximum Gasteiger partial charge on any atom is 0.338 e. The van der Waals surface area contributed by atoms with E-state index in [1.807, 2.05) is 6.92 Å². The van der Waals surface area contributed by atoms with Gasteiger partial charge in [-0.05, 0) is 50.1 Å². The van der Waals surface area contributed by atoms with E-state index in [4.69, 9.17) is 5.10 Å². The predicted molar refractivity (Wildman–Crippen MR) is 140 cm³/mol. The topological polar surface area (TPSA) is 74.6 Å². The third-order valence-corrected chi connectivity index (χ3v) is 6.96.